The van der Waals surface area contributed by atoms with Crippen molar-refractivity contribution in [2.24, 2.45) is 0 Å². The van der Waals surface area contributed by atoms with Crippen LogP contribution < -0.4 is 10.9 Å². The van der Waals surface area contributed by atoms with E-state index in [1.807, 2.05) is 27.7 Å². The minimum Gasteiger partial charge on any atom is -0.325 e. The molecule has 0 saturated heterocycles. The lowest BCUT2D eigenvalue weighted by Crippen LogP contribution is -2.25. The van der Waals surface area contributed by atoms with Crippen molar-refractivity contribution in [3.63, 3.8) is 0 Å². The number of Topliss-reactive ketones (excluding diaryl/α,β-unsaturated/α-hetero) is 1. The van der Waals surface area contributed by atoms with Crippen molar-refractivity contribution >= 4 is 50.7 Å². The molecule has 0 spiro atoms. The van der Waals surface area contributed by atoms with Crippen molar-refractivity contribution in [2.75, 3.05) is 11.1 Å². The number of aryl methyl sites for hydroxylation is 2. The predicted octanol–water partition coefficient (Wildman–Crippen LogP) is 4.59. The molecule has 29 heavy (non-hydrogen) atoms. The van der Waals surface area contributed by atoms with Crippen LogP contribution in [0.2, 0.25) is 0 Å². The average molecular weight is 430 g/mol. The summed E-state index contributed by atoms with van der Waals surface area (Å²) in [6, 6.07) is 6.82. The predicted molar refractivity (Wildman–Crippen MR) is 120 cm³/mol. The number of hydrogen-bond donors (Lipinski definition) is 1. The Morgan fingerprint density at radius 2 is 1.93 bits per heavy atom. The minimum absolute atomic E-state index is 0.0725. The average Bonchev–Trinajstić information content (AvgIpc) is 2.94. The van der Waals surface area contributed by atoms with Crippen LogP contribution >= 0.6 is 23.1 Å². The summed E-state index contributed by atoms with van der Waals surface area (Å²) < 4.78 is 1.64. The number of nitrogens with zero attached hydrogens (tertiary/aromatic N) is 2. The number of ketones is 1. The van der Waals surface area contributed by atoms with Crippen LogP contribution in [0.1, 0.15) is 47.6 Å². The molecule has 0 fully saturated rings. The van der Waals surface area contributed by atoms with E-state index in [1.54, 1.807) is 28.8 Å². The monoisotopic (exact) mass is 429 g/mol. The van der Waals surface area contributed by atoms with Crippen LogP contribution in [0.5, 0.6) is 0 Å². The van der Waals surface area contributed by atoms with Gasteiger partial charge in [-0.25, -0.2) is 4.98 Å². The minimum atomic E-state index is -0.258. The smallest absolute Gasteiger partial charge is 0.263 e. The molecule has 0 atom stereocenters. The fourth-order valence-corrected chi connectivity index (χ4v) is 5.06. The molecule has 2 aromatic heterocycles. The van der Waals surface area contributed by atoms with Gasteiger partial charge in [-0.15, -0.1) is 11.3 Å². The van der Waals surface area contributed by atoms with E-state index < -0.39 is 0 Å². The summed E-state index contributed by atoms with van der Waals surface area (Å²) in [5.74, 6) is -0.287. The van der Waals surface area contributed by atoms with Gasteiger partial charge in [0.15, 0.2) is 10.9 Å². The van der Waals surface area contributed by atoms with Crippen molar-refractivity contribution in [3.05, 3.63) is 50.6 Å². The Labute approximate surface area is 177 Å². The third-order valence-electron chi connectivity index (χ3n) is 4.63. The fraction of sp³-hybridized carbons (Fsp3) is 0.333. The first kappa shape index (κ1) is 21.3. The van der Waals surface area contributed by atoms with E-state index in [2.05, 4.69) is 10.3 Å². The lowest BCUT2D eigenvalue weighted by molar-refractivity contribution is -0.113. The zero-order valence-corrected chi connectivity index (χ0v) is 18.7. The number of thiophene rings is 1. The molecular weight excluding hydrogens is 406 g/mol. The Kier molecular flexibility index (Phi) is 6.24. The van der Waals surface area contributed by atoms with Gasteiger partial charge < -0.3 is 5.32 Å². The largest absolute Gasteiger partial charge is 0.325 e. The second-order valence-electron chi connectivity index (χ2n) is 7.07. The van der Waals surface area contributed by atoms with E-state index in [0.717, 1.165) is 10.4 Å². The molecule has 0 radical (unpaired) electrons. The highest BCUT2D eigenvalue weighted by atomic mass is 32.2. The molecule has 6 nitrogen and oxygen atoms in total. The number of benzene rings is 1. The molecule has 1 N–H and O–H groups in total. The lowest BCUT2D eigenvalue weighted by Gasteiger charge is -2.15. The first-order chi connectivity index (χ1) is 13.7. The third-order valence-corrected chi connectivity index (χ3v) is 6.69. The number of amides is 1. The first-order valence-electron chi connectivity index (χ1n) is 9.25. The van der Waals surface area contributed by atoms with E-state index >= 15 is 0 Å². The molecule has 0 aliphatic heterocycles. The van der Waals surface area contributed by atoms with Crippen molar-refractivity contribution in [3.8, 4) is 0 Å². The molecule has 3 aromatic rings. The van der Waals surface area contributed by atoms with Crippen LogP contribution in [0.15, 0.2) is 34.2 Å². The van der Waals surface area contributed by atoms with Crippen LogP contribution in [0.25, 0.3) is 10.2 Å². The molecule has 0 aliphatic carbocycles. The molecule has 3 rings (SSSR count). The Balaban J connectivity index is 1.87. The summed E-state index contributed by atoms with van der Waals surface area (Å²) in [6.45, 7) is 9.24. The third kappa shape index (κ3) is 4.28. The van der Waals surface area contributed by atoms with Crippen LogP contribution in [-0.2, 0) is 4.79 Å². The van der Waals surface area contributed by atoms with Gasteiger partial charge in [0.1, 0.15) is 4.83 Å². The maximum Gasteiger partial charge on any atom is 0.263 e. The topological polar surface area (TPSA) is 81.1 Å². The number of para-hydroxylation sites is 1. The van der Waals surface area contributed by atoms with Gasteiger partial charge in [0.25, 0.3) is 5.56 Å². The molecule has 0 aliphatic rings. The number of carbonyl (C=O) groups is 2. The highest BCUT2D eigenvalue weighted by molar-refractivity contribution is 7.99. The van der Waals surface area contributed by atoms with Crippen molar-refractivity contribution < 1.29 is 9.59 Å². The molecule has 0 unspecified atom stereocenters. The number of nitrogens with one attached hydrogen (secondary N) is 1. The number of carbonyl (C=O) groups excluding carboxylic acids is 2. The lowest BCUT2D eigenvalue weighted by atomic mass is 10.1. The van der Waals surface area contributed by atoms with E-state index in [0.29, 0.717) is 26.6 Å². The Bertz CT molecular complexity index is 1160. The second kappa shape index (κ2) is 8.51. The summed E-state index contributed by atoms with van der Waals surface area (Å²) in [5, 5.41) is 3.96. The first-order valence-corrected chi connectivity index (χ1v) is 11.1. The molecular formula is C21H23N3O3S2. The number of rotatable bonds is 6. The number of thioether (sulfide) groups is 1. The summed E-state index contributed by atoms with van der Waals surface area (Å²) >= 11 is 2.72. The number of fused-ring (bicyclic) bond motifs is 1. The Morgan fingerprint density at radius 1 is 1.24 bits per heavy atom. The van der Waals surface area contributed by atoms with Crippen molar-refractivity contribution in [2.45, 2.75) is 45.8 Å². The van der Waals surface area contributed by atoms with Gasteiger partial charge in [-0.3, -0.25) is 19.0 Å². The van der Waals surface area contributed by atoms with Gasteiger partial charge in [-0.1, -0.05) is 23.9 Å². The highest BCUT2D eigenvalue weighted by Crippen LogP contribution is 2.29. The van der Waals surface area contributed by atoms with Gasteiger partial charge in [-0.2, -0.15) is 0 Å². The number of aromatic nitrogens is 2. The fourth-order valence-electron chi connectivity index (χ4n) is 3.06. The molecule has 8 heteroatoms. The normalized spacial score (nSPS) is 11.2. The number of hydrogen-bond acceptors (Lipinski definition) is 6. The van der Waals surface area contributed by atoms with Crippen LogP contribution in [-0.4, -0.2) is 27.0 Å². The molecule has 1 aromatic carbocycles. The van der Waals surface area contributed by atoms with Gasteiger partial charge in [0.05, 0.1) is 16.8 Å². The van der Waals surface area contributed by atoms with Crippen LogP contribution in [0, 0.1) is 13.8 Å². The second-order valence-corrected chi connectivity index (χ2v) is 9.21. The maximum absolute atomic E-state index is 13.1. The quantitative estimate of drug-likeness (QED) is 0.352. The summed E-state index contributed by atoms with van der Waals surface area (Å²) in [6.07, 6.45) is 0. The molecule has 1 amide bonds. The zero-order valence-electron chi connectivity index (χ0n) is 17.0. The van der Waals surface area contributed by atoms with Crippen LogP contribution in [0.4, 0.5) is 5.69 Å². The summed E-state index contributed by atoms with van der Waals surface area (Å²) in [4.78, 5) is 43.7. The van der Waals surface area contributed by atoms with Gasteiger partial charge >= 0.3 is 0 Å². The van der Waals surface area contributed by atoms with E-state index in [-0.39, 0.29) is 29.0 Å². The molecule has 2 heterocycles. The standard InChI is InChI=1S/C21H23N3O3S2/c1-11(2)24-20(27)18-12(3)14(5)29-19(18)23-21(24)28-10-17(26)22-16-9-7-6-8-15(16)13(4)25/h6-9,11H,10H2,1-5H3,(H,22,26). The summed E-state index contributed by atoms with van der Waals surface area (Å²) in [5.41, 5.74) is 1.84. The molecule has 152 valence electrons. The van der Waals surface area contributed by atoms with E-state index in [9.17, 15) is 14.4 Å². The Hall–Kier alpha value is -2.45. The zero-order chi connectivity index (χ0) is 21.3. The molecule has 0 saturated carbocycles. The summed E-state index contributed by atoms with van der Waals surface area (Å²) in [7, 11) is 0. The van der Waals surface area contributed by atoms with E-state index in [4.69, 9.17) is 0 Å². The Morgan fingerprint density at radius 3 is 2.59 bits per heavy atom. The number of anilines is 1. The van der Waals surface area contributed by atoms with Gasteiger partial charge in [-0.05, 0) is 52.3 Å². The van der Waals surface area contributed by atoms with Crippen molar-refractivity contribution in [1.82, 2.24) is 9.55 Å². The molecule has 0 bridgehead atoms. The van der Waals surface area contributed by atoms with Crippen LogP contribution in [0.3, 0.4) is 0 Å². The maximum atomic E-state index is 13.1. The van der Waals surface area contributed by atoms with Crippen molar-refractivity contribution in [1.29, 1.82) is 0 Å². The van der Waals surface area contributed by atoms with Gasteiger partial charge in [0, 0.05) is 16.5 Å². The van der Waals surface area contributed by atoms with E-state index in [1.165, 1.54) is 30.0 Å². The SMILES string of the molecule is CC(=O)c1ccccc1NC(=O)CSc1nc2sc(C)c(C)c2c(=O)n1C(C)C. The highest BCUT2D eigenvalue weighted by Gasteiger charge is 2.19. The van der Waals surface area contributed by atoms with Gasteiger partial charge in [0.2, 0.25) is 5.91 Å².